The first-order valence-electron chi connectivity index (χ1n) is 12.2. The van der Waals surface area contributed by atoms with Crippen molar-refractivity contribution >= 4 is 28.6 Å². The molecule has 1 amide bonds. The molecule has 1 heterocycles. The summed E-state index contributed by atoms with van der Waals surface area (Å²) in [5.41, 5.74) is 5.64. The van der Waals surface area contributed by atoms with Gasteiger partial charge in [0.05, 0.1) is 16.6 Å². The molecular formula is C29H31N3O3. The number of carbonyl (C=O) groups is 2. The van der Waals surface area contributed by atoms with E-state index in [-0.39, 0.29) is 5.91 Å². The Morgan fingerprint density at radius 1 is 0.971 bits per heavy atom. The Morgan fingerprint density at radius 3 is 2.46 bits per heavy atom. The van der Waals surface area contributed by atoms with Gasteiger partial charge in [0.2, 0.25) is 5.91 Å². The van der Waals surface area contributed by atoms with Gasteiger partial charge in [-0.25, -0.2) is 9.78 Å². The molecule has 0 saturated heterocycles. The van der Waals surface area contributed by atoms with Gasteiger partial charge < -0.3 is 15.0 Å². The van der Waals surface area contributed by atoms with Crippen molar-refractivity contribution in [1.29, 1.82) is 0 Å². The molecule has 0 spiro atoms. The van der Waals surface area contributed by atoms with Crippen molar-refractivity contribution in [3.05, 3.63) is 83.7 Å². The van der Waals surface area contributed by atoms with Gasteiger partial charge in [-0.05, 0) is 53.8 Å². The highest BCUT2D eigenvalue weighted by Gasteiger charge is 2.14. The van der Waals surface area contributed by atoms with Crippen LogP contribution in [0.2, 0.25) is 0 Å². The smallest absolute Gasteiger partial charge is 0.336 e. The second kappa shape index (κ2) is 11.0. The van der Waals surface area contributed by atoms with E-state index in [4.69, 9.17) is 4.98 Å². The fourth-order valence-electron chi connectivity index (χ4n) is 4.30. The standard InChI is InChI=1S/C29H31N3O3/c1-3-5-11-27-31-25-17-16-22(30-28(33)8-4-2)18-26(25)32(27)19-20-12-14-21(15-13-20)23-9-6-7-10-24(23)29(34)35/h6-7,9-10,12-18H,3-5,8,11,19H2,1-2H3,(H,30,33)(H,34,35). The van der Waals surface area contributed by atoms with Crippen molar-refractivity contribution in [3.8, 4) is 11.1 Å². The first-order valence-corrected chi connectivity index (χ1v) is 12.2. The maximum atomic E-state index is 12.1. The highest BCUT2D eigenvalue weighted by atomic mass is 16.4. The summed E-state index contributed by atoms with van der Waals surface area (Å²) in [4.78, 5) is 28.6. The Hall–Kier alpha value is -3.93. The van der Waals surface area contributed by atoms with Crippen LogP contribution in [-0.2, 0) is 17.8 Å². The number of aromatic nitrogens is 2. The zero-order chi connectivity index (χ0) is 24.8. The lowest BCUT2D eigenvalue weighted by Gasteiger charge is -2.12. The monoisotopic (exact) mass is 469 g/mol. The lowest BCUT2D eigenvalue weighted by Crippen LogP contribution is -2.10. The van der Waals surface area contributed by atoms with Crippen molar-refractivity contribution in [2.45, 2.75) is 52.5 Å². The van der Waals surface area contributed by atoms with Crippen LogP contribution < -0.4 is 5.32 Å². The largest absolute Gasteiger partial charge is 0.478 e. The summed E-state index contributed by atoms with van der Waals surface area (Å²) in [7, 11) is 0. The number of amides is 1. The van der Waals surface area contributed by atoms with Crippen molar-refractivity contribution in [2.24, 2.45) is 0 Å². The second-order valence-electron chi connectivity index (χ2n) is 8.77. The van der Waals surface area contributed by atoms with Crippen molar-refractivity contribution in [3.63, 3.8) is 0 Å². The Kier molecular flexibility index (Phi) is 7.60. The van der Waals surface area contributed by atoms with Gasteiger partial charge in [-0.2, -0.15) is 0 Å². The number of rotatable bonds is 10. The number of unbranched alkanes of at least 4 members (excludes halogenated alkanes) is 1. The van der Waals surface area contributed by atoms with Crippen LogP contribution in [0.25, 0.3) is 22.2 Å². The fourth-order valence-corrected chi connectivity index (χ4v) is 4.30. The van der Waals surface area contributed by atoms with E-state index in [0.29, 0.717) is 24.1 Å². The molecule has 2 N–H and O–H groups in total. The molecule has 0 fully saturated rings. The van der Waals surface area contributed by atoms with E-state index >= 15 is 0 Å². The quantitative estimate of drug-likeness (QED) is 0.276. The molecular weight excluding hydrogens is 438 g/mol. The van der Waals surface area contributed by atoms with Gasteiger partial charge in [0, 0.05) is 25.1 Å². The highest BCUT2D eigenvalue weighted by Crippen LogP contribution is 2.26. The topological polar surface area (TPSA) is 84.2 Å². The molecule has 0 unspecified atom stereocenters. The van der Waals surface area contributed by atoms with E-state index in [1.807, 2.05) is 61.5 Å². The van der Waals surface area contributed by atoms with E-state index in [1.54, 1.807) is 12.1 Å². The van der Waals surface area contributed by atoms with E-state index < -0.39 is 5.97 Å². The van der Waals surface area contributed by atoms with Gasteiger partial charge in [0.15, 0.2) is 0 Å². The van der Waals surface area contributed by atoms with Gasteiger partial charge in [0.1, 0.15) is 5.82 Å². The minimum Gasteiger partial charge on any atom is -0.478 e. The molecule has 3 aromatic carbocycles. The molecule has 6 nitrogen and oxygen atoms in total. The molecule has 0 bridgehead atoms. The van der Waals surface area contributed by atoms with Crippen molar-refractivity contribution in [2.75, 3.05) is 5.32 Å². The van der Waals surface area contributed by atoms with Crippen molar-refractivity contribution < 1.29 is 14.7 Å². The normalized spacial score (nSPS) is 11.0. The number of aryl methyl sites for hydroxylation is 1. The van der Waals surface area contributed by atoms with Gasteiger partial charge in [-0.15, -0.1) is 0 Å². The third-order valence-corrected chi connectivity index (χ3v) is 6.11. The number of hydrogen-bond donors (Lipinski definition) is 2. The van der Waals surface area contributed by atoms with Gasteiger partial charge in [0.25, 0.3) is 0 Å². The van der Waals surface area contributed by atoms with E-state index in [0.717, 1.165) is 59.4 Å². The maximum Gasteiger partial charge on any atom is 0.336 e. The average Bonchev–Trinajstić information content (AvgIpc) is 3.19. The number of aromatic carboxylic acids is 1. The number of benzene rings is 3. The van der Waals surface area contributed by atoms with Crippen LogP contribution in [0.5, 0.6) is 0 Å². The summed E-state index contributed by atoms with van der Waals surface area (Å²) < 4.78 is 2.22. The van der Waals surface area contributed by atoms with Crippen LogP contribution in [0.3, 0.4) is 0 Å². The Balaban J connectivity index is 1.66. The summed E-state index contributed by atoms with van der Waals surface area (Å²) in [5, 5.41) is 12.5. The van der Waals surface area contributed by atoms with Crippen LogP contribution >= 0.6 is 0 Å². The Labute approximate surface area is 205 Å². The number of nitrogens with zero attached hydrogens (tertiary/aromatic N) is 2. The molecule has 0 aliphatic rings. The second-order valence-corrected chi connectivity index (χ2v) is 8.77. The van der Waals surface area contributed by atoms with Gasteiger partial charge in [-0.1, -0.05) is 62.7 Å². The summed E-state index contributed by atoms with van der Waals surface area (Å²) in [5.74, 6) is 0.109. The molecule has 0 atom stereocenters. The highest BCUT2D eigenvalue weighted by molar-refractivity contribution is 5.96. The van der Waals surface area contributed by atoms with E-state index in [2.05, 4.69) is 16.8 Å². The summed E-state index contributed by atoms with van der Waals surface area (Å²) in [6, 6.07) is 20.9. The average molecular weight is 470 g/mol. The van der Waals surface area contributed by atoms with Crippen LogP contribution in [0.4, 0.5) is 5.69 Å². The van der Waals surface area contributed by atoms with Crippen molar-refractivity contribution in [1.82, 2.24) is 9.55 Å². The maximum absolute atomic E-state index is 12.1. The first-order chi connectivity index (χ1) is 17.0. The Bertz CT molecular complexity index is 1340. The lowest BCUT2D eigenvalue weighted by atomic mass is 9.99. The number of anilines is 1. The number of carboxylic acids is 1. The third kappa shape index (κ3) is 5.60. The SMILES string of the molecule is CCCCc1nc2ccc(NC(=O)CCC)cc2n1Cc1ccc(-c2ccccc2C(=O)O)cc1. The number of carbonyl (C=O) groups excluding carboxylic acids is 1. The molecule has 4 rings (SSSR count). The minimum atomic E-state index is -0.933. The molecule has 4 aromatic rings. The molecule has 0 aliphatic carbocycles. The lowest BCUT2D eigenvalue weighted by molar-refractivity contribution is -0.116. The van der Waals surface area contributed by atoms with Crippen LogP contribution in [0.1, 0.15) is 61.3 Å². The van der Waals surface area contributed by atoms with E-state index in [9.17, 15) is 14.7 Å². The summed E-state index contributed by atoms with van der Waals surface area (Å²) in [6.07, 6.45) is 4.32. The number of carboxylic acid groups (broad SMARTS) is 1. The summed E-state index contributed by atoms with van der Waals surface area (Å²) in [6.45, 7) is 4.80. The minimum absolute atomic E-state index is 0.0151. The molecule has 0 aliphatic heterocycles. The van der Waals surface area contributed by atoms with E-state index in [1.165, 1.54) is 0 Å². The molecule has 1 aromatic heterocycles. The third-order valence-electron chi connectivity index (χ3n) is 6.11. The van der Waals surface area contributed by atoms with Gasteiger partial charge in [-0.3, -0.25) is 4.79 Å². The van der Waals surface area contributed by atoms with Crippen LogP contribution in [0, 0.1) is 0 Å². The zero-order valence-corrected chi connectivity index (χ0v) is 20.3. The molecule has 0 radical (unpaired) electrons. The molecule has 180 valence electrons. The number of fused-ring (bicyclic) bond motifs is 1. The predicted molar refractivity (Wildman–Crippen MR) is 140 cm³/mol. The zero-order valence-electron chi connectivity index (χ0n) is 20.3. The molecule has 0 saturated carbocycles. The first kappa shape index (κ1) is 24.2. The van der Waals surface area contributed by atoms with Crippen LogP contribution in [0.15, 0.2) is 66.7 Å². The predicted octanol–water partition coefficient (Wildman–Crippen LogP) is 6.53. The Morgan fingerprint density at radius 2 is 1.74 bits per heavy atom. The van der Waals surface area contributed by atoms with Gasteiger partial charge >= 0.3 is 5.97 Å². The fraction of sp³-hybridized carbons (Fsp3) is 0.276. The molecule has 35 heavy (non-hydrogen) atoms. The number of imidazole rings is 1. The number of hydrogen-bond acceptors (Lipinski definition) is 3. The molecule has 6 heteroatoms. The number of nitrogens with one attached hydrogen (secondary N) is 1. The van der Waals surface area contributed by atoms with Crippen LogP contribution in [-0.4, -0.2) is 26.5 Å². The summed E-state index contributed by atoms with van der Waals surface area (Å²) >= 11 is 0.